The molecule has 0 aliphatic heterocycles. The number of ether oxygens (including phenoxy) is 3. The zero-order chi connectivity index (χ0) is 24.5. The third-order valence-electron chi connectivity index (χ3n) is 4.70. The van der Waals surface area contributed by atoms with Crippen LogP contribution in [0.4, 0.5) is 4.79 Å². The highest BCUT2D eigenvalue weighted by atomic mass is 32.1. The summed E-state index contributed by atoms with van der Waals surface area (Å²) in [5, 5.41) is 10.4. The van der Waals surface area contributed by atoms with Gasteiger partial charge in [0.05, 0.1) is 51.1 Å². The van der Waals surface area contributed by atoms with Gasteiger partial charge in [-0.25, -0.2) is 20.0 Å². The first-order chi connectivity index (χ1) is 15.8. The number of nitrogens with zero attached hydrogens (tertiary/aromatic N) is 3. The van der Waals surface area contributed by atoms with Crippen molar-refractivity contribution in [1.29, 1.82) is 0 Å². The first-order valence-electron chi connectivity index (χ1n) is 10.1. The van der Waals surface area contributed by atoms with Gasteiger partial charge in [-0.1, -0.05) is 0 Å². The molecule has 13 heteroatoms. The van der Waals surface area contributed by atoms with E-state index in [1.54, 1.807) is 13.8 Å². The van der Waals surface area contributed by atoms with E-state index < -0.39 is 23.2 Å². The van der Waals surface area contributed by atoms with Crippen LogP contribution in [0.15, 0.2) is 21.9 Å². The molecule has 0 saturated carbocycles. The van der Waals surface area contributed by atoms with Crippen LogP contribution in [0.1, 0.15) is 17.4 Å². The normalized spacial score (nSPS) is 11.3. The fraction of sp³-hybridized carbons (Fsp3) is 0.500. The summed E-state index contributed by atoms with van der Waals surface area (Å²) >= 11 is 1.14. The molecule has 2 heterocycles. The molecule has 2 aromatic heterocycles. The van der Waals surface area contributed by atoms with Gasteiger partial charge in [0.2, 0.25) is 0 Å². The van der Waals surface area contributed by atoms with Gasteiger partial charge in [-0.05, 0) is 19.4 Å². The van der Waals surface area contributed by atoms with Crippen LogP contribution in [0.2, 0.25) is 0 Å². The molecule has 12 nitrogen and oxygen atoms in total. The summed E-state index contributed by atoms with van der Waals surface area (Å²) in [5.74, 6) is -0.656. The Bertz CT molecular complexity index is 1130. The van der Waals surface area contributed by atoms with E-state index in [9.17, 15) is 19.2 Å². The van der Waals surface area contributed by atoms with Gasteiger partial charge in [-0.15, -0.1) is 11.3 Å². The second-order valence-electron chi connectivity index (χ2n) is 6.81. The summed E-state index contributed by atoms with van der Waals surface area (Å²) in [5.41, 5.74) is 1.64. The number of rotatable bonds is 11. The van der Waals surface area contributed by atoms with Crippen LogP contribution in [0, 0.1) is 6.92 Å². The number of methoxy groups -OCH3 is 2. The molecular weight excluding hydrogens is 456 g/mol. The summed E-state index contributed by atoms with van der Waals surface area (Å²) in [6.07, 6.45) is 0.841. The van der Waals surface area contributed by atoms with Gasteiger partial charge in [0, 0.05) is 25.2 Å². The number of nitrogens with one attached hydrogen (secondary N) is 1. The molecule has 33 heavy (non-hydrogen) atoms. The smallest absolute Gasteiger partial charge is 0.423 e. The van der Waals surface area contributed by atoms with Crippen molar-refractivity contribution in [2.24, 2.45) is 0 Å². The molecule has 0 saturated heterocycles. The Morgan fingerprint density at radius 2 is 1.79 bits per heavy atom. The summed E-state index contributed by atoms with van der Waals surface area (Å²) < 4.78 is 17.7. The van der Waals surface area contributed by atoms with Crippen LogP contribution in [-0.2, 0) is 38.6 Å². The topological polar surface area (TPSA) is 141 Å². The second-order valence-corrected chi connectivity index (χ2v) is 7.89. The number of carboxylic acid groups (broad SMARTS) is 1. The fourth-order valence-corrected chi connectivity index (χ4v) is 4.38. The first-order valence-corrected chi connectivity index (χ1v) is 10.9. The maximum absolute atomic E-state index is 13.1. The van der Waals surface area contributed by atoms with Gasteiger partial charge < -0.3 is 19.3 Å². The molecule has 2 aromatic rings. The number of aryl methyl sites for hydroxylation is 1. The molecule has 0 spiro atoms. The predicted molar refractivity (Wildman–Crippen MR) is 121 cm³/mol. The maximum atomic E-state index is 13.1. The number of fused-ring (bicyclic) bond motifs is 1. The molecule has 0 aromatic carbocycles. The van der Waals surface area contributed by atoms with Crippen molar-refractivity contribution < 1.29 is 28.9 Å². The van der Waals surface area contributed by atoms with Gasteiger partial charge in [0.15, 0.2) is 0 Å². The number of thiophene rings is 1. The van der Waals surface area contributed by atoms with E-state index in [2.05, 4.69) is 5.43 Å². The number of carbonyl (C=O) groups excluding carboxylic acids is 1. The highest BCUT2D eigenvalue weighted by Gasteiger charge is 2.23. The minimum atomic E-state index is -1.43. The van der Waals surface area contributed by atoms with Crippen molar-refractivity contribution in [2.75, 3.05) is 34.0 Å². The van der Waals surface area contributed by atoms with Crippen LogP contribution in [0.25, 0.3) is 10.2 Å². The number of hydrazine groups is 1. The first kappa shape index (κ1) is 26.1. The van der Waals surface area contributed by atoms with E-state index in [1.807, 2.05) is 0 Å². The Morgan fingerprint density at radius 1 is 1.15 bits per heavy atom. The van der Waals surface area contributed by atoms with Gasteiger partial charge in [-0.2, -0.15) is 0 Å². The van der Waals surface area contributed by atoms with Gasteiger partial charge in [0.1, 0.15) is 4.83 Å². The lowest BCUT2D eigenvalue weighted by molar-refractivity contribution is -0.129. The van der Waals surface area contributed by atoms with Crippen molar-refractivity contribution in [3.8, 4) is 0 Å². The van der Waals surface area contributed by atoms with Crippen LogP contribution in [-0.4, -0.2) is 65.3 Å². The largest absolute Gasteiger partial charge is 0.501 e. The van der Waals surface area contributed by atoms with E-state index >= 15 is 0 Å². The SMILES string of the molecule is CCOC=CC(=O)N(Cc1sc2c(c1C)c(=O)n(CCOC)c(=O)n2CCOC)NC(=O)O. The van der Waals surface area contributed by atoms with Crippen LogP contribution >= 0.6 is 11.3 Å². The molecule has 2 amide bonds. The molecule has 0 aliphatic carbocycles. The van der Waals surface area contributed by atoms with Crippen molar-refractivity contribution >= 4 is 33.6 Å². The molecular formula is C20H28N4O8S. The summed E-state index contributed by atoms with van der Waals surface area (Å²) in [4.78, 5) is 50.8. The number of amides is 2. The van der Waals surface area contributed by atoms with E-state index in [-0.39, 0.29) is 32.8 Å². The number of hydrogen-bond donors (Lipinski definition) is 2. The quantitative estimate of drug-likeness (QED) is 0.272. The fourth-order valence-electron chi connectivity index (χ4n) is 3.07. The van der Waals surface area contributed by atoms with Crippen molar-refractivity contribution in [2.45, 2.75) is 33.5 Å². The van der Waals surface area contributed by atoms with Crippen molar-refractivity contribution in [3.63, 3.8) is 0 Å². The van der Waals surface area contributed by atoms with Gasteiger partial charge >= 0.3 is 11.8 Å². The van der Waals surface area contributed by atoms with Crippen LogP contribution in [0.3, 0.4) is 0 Å². The minimum Gasteiger partial charge on any atom is -0.501 e. The number of aromatic nitrogens is 2. The van der Waals surface area contributed by atoms with Gasteiger partial charge in [0.25, 0.3) is 11.5 Å². The number of carbonyl (C=O) groups is 2. The Hall–Kier alpha value is -3.16. The molecule has 0 unspecified atom stereocenters. The lowest BCUT2D eigenvalue weighted by Crippen LogP contribution is -2.44. The van der Waals surface area contributed by atoms with Gasteiger partial charge in [-0.3, -0.25) is 18.7 Å². The molecule has 0 aliphatic rings. The molecule has 0 fully saturated rings. The Labute approximate surface area is 193 Å². The van der Waals surface area contributed by atoms with E-state index in [0.29, 0.717) is 27.3 Å². The van der Waals surface area contributed by atoms with Crippen molar-refractivity contribution in [3.05, 3.63) is 43.6 Å². The zero-order valence-electron chi connectivity index (χ0n) is 19.0. The minimum absolute atomic E-state index is 0.0785. The second kappa shape index (κ2) is 12.2. The molecule has 2 N–H and O–H groups in total. The zero-order valence-corrected chi connectivity index (χ0v) is 19.8. The Balaban J connectivity index is 2.60. The highest BCUT2D eigenvalue weighted by molar-refractivity contribution is 7.18. The Kier molecular flexibility index (Phi) is 9.63. The van der Waals surface area contributed by atoms with E-state index in [4.69, 9.17) is 19.3 Å². The van der Waals surface area contributed by atoms with Crippen LogP contribution < -0.4 is 16.7 Å². The Morgan fingerprint density at radius 3 is 2.36 bits per heavy atom. The monoisotopic (exact) mass is 484 g/mol. The average molecular weight is 485 g/mol. The average Bonchev–Trinajstić information content (AvgIpc) is 3.09. The highest BCUT2D eigenvalue weighted by Crippen LogP contribution is 2.29. The maximum Gasteiger partial charge on any atom is 0.423 e. The summed E-state index contributed by atoms with van der Waals surface area (Å²) in [7, 11) is 2.98. The van der Waals surface area contributed by atoms with Crippen LogP contribution in [0.5, 0.6) is 0 Å². The molecule has 182 valence electrons. The molecule has 2 rings (SSSR count). The lowest BCUT2D eigenvalue weighted by Gasteiger charge is -2.19. The lowest BCUT2D eigenvalue weighted by atomic mass is 10.2. The predicted octanol–water partition coefficient (Wildman–Crippen LogP) is 0.887. The third-order valence-corrected chi connectivity index (χ3v) is 6.00. The molecule has 0 bridgehead atoms. The number of hydrogen-bond acceptors (Lipinski definition) is 8. The van der Waals surface area contributed by atoms with E-state index in [1.165, 1.54) is 25.0 Å². The molecule has 0 radical (unpaired) electrons. The van der Waals surface area contributed by atoms with Crippen molar-refractivity contribution in [1.82, 2.24) is 19.6 Å². The molecule has 0 atom stereocenters. The summed E-state index contributed by atoms with van der Waals surface area (Å²) in [6, 6.07) is 0. The van der Waals surface area contributed by atoms with E-state index in [0.717, 1.165) is 27.0 Å². The third kappa shape index (κ3) is 6.21. The standard InChI is InChI=1S/C20H28N4O8S/c1-5-32-9-6-15(25)24(21-19(27)28)12-14-13(2)16-17(26)22(7-10-30-3)20(29)23(8-11-31-4)18(16)33-14/h6,9,21H,5,7-8,10-12H2,1-4H3,(H,27,28). The summed E-state index contributed by atoms with van der Waals surface area (Å²) in [6.45, 7) is 4.35.